The van der Waals surface area contributed by atoms with Crippen LogP contribution in [0.2, 0.25) is 0 Å². The number of pyridine rings is 8. The Morgan fingerprint density at radius 1 is 0.439 bits per heavy atom. The molecule has 396 valence electrons. The minimum Gasteiger partial charge on any atom is -0.466 e. The van der Waals surface area contributed by atoms with Gasteiger partial charge >= 0.3 is 134 Å². The van der Waals surface area contributed by atoms with Crippen molar-refractivity contribution in [1.29, 1.82) is 0 Å². The van der Waals surface area contributed by atoms with Crippen LogP contribution < -0.4 is 9.47 Å². The van der Waals surface area contributed by atoms with Gasteiger partial charge in [0.15, 0.2) is 0 Å². The molecule has 0 N–H and O–H groups in total. The molecule has 0 saturated heterocycles. The third-order valence-electron chi connectivity index (χ3n) is 13.7. The molecule has 4 aromatic carbocycles. The number of benzene rings is 4. The van der Waals surface area contributed by atoms with Gasteiger partial charge in [-0.05, 0) is 107 Å². The van der Waals surface area contributed by atoms with Gasteiger partial charge in [0.1, 0.15) is 17.4 Å². The van der Waals surface area contributed by atoms with Gasteiger partial charge in [-0.15, -0.1) is 17.5 Å². The van der Waals surface area contributed by atoms with E-state index >= 15 is 0 Å². The minimum atomic E-state index is -3.06. The fraction of sp³-hybridized carbons (Fsp3) is 0. The number of aromatic nitrogens is 10. The standard InChI is InChI=1S/C31H19N5O.C31H17N5O.4ClH.2K.2Pt/c2*1-2-7-25-21(6-1)22-11-10-20(18-27(22)36(25)29-9-3-4-15-33-29)37-30-13-12-24-23-14-16-32-19-28(23)35-17-5-8-26(35)31(24)34-30;;;;;;;;/h1-19H;1-7,9-17,19H;4*1H;;;;/q;-2;;;;;;;+2;+4/p-4. The van der Waals surface area contributed by atoms with E-state index in [1.165, 1.54) is 68.5 Å². The summed E-state index contributed by atoms with van der Waals surface area (Å²) in [5.74, 6) is 4.04. The van der Waals surface area contributed by atoms with Crippen LogP contribution in [0.3, 0.4) is 0 Å². The van der Waals surface area contributed by atoms with E-state index in [4.69, 9.17) is 57.1 Å². The quantitative estimate of drug-likeness (QED) is 0.0919. The fourth-order valence-corrected chi connectivity index (χ4v) is 10.6. The van der Waals surface area contributed by atoms with Gasteiger partial charge in [0, 0.05) is 75.9 Å². The molecule has 20 heteroatoms. The van der Waals surface area contributed by atoms with Crippen molar-refractivity contribution in [3.05, 3.63) is 232 Å². The van der Waals surface area contributed by atoms with E-state index in [-0.39, 0.29) is 21.1 Å². The minimum absolute atomic E-state index is 0. The van der Waals surface area contributed by atoms with E-state index in [9.17, 15) is 0 Å². The average molecular weight is 1560 g/mol. The summed E-state index contributed by atoms with van der Waals surface area (Å²) in [5, 5.41) is 8.84. The number of hydrogen-bond donors (Lipinski definition) is 0. The van der Waals surface area contributed by atoms with Gasteiger partial charge in [-0.2, -0.15) is 18.2 Å². The van der Waals surface area contributed by atoms with Crippen molar-refractivity contribution in [3.63, 3.8) is 0 Å². The molecule has 16 aromatic rings. The number of nitrogens with zero attached hydrogens (tertiary/aromatic N) is 10. The van der Waals surface area contributed by atoms with E-state index in [1.54, 1.807) is 12.4 Å². The molecule has 16 rings (SSSR count). The predicted octanol–water partition coefficient (Wildman–Crippen LogP) is 16.2. The molecule has 0 aliphatic rings. The molecule has 0 atom stereocenters. The molecule has 0 fully saturated rings. The summed E-state index contributed by atoms with van der Waals surface area (Å²) in [4.78, 5) is 27.7. The second-order valence-corrected chi connectivity index (χ2v) is 37.8. The zero-order valence-electron chi connectivity index (χ0n) is 43.2. The molecule has 0 aliphatic carbocycles. The Balaban J connectivity index is 0.000000145. The van der Waals surface area contributed by atoms with Crippen LogP contribution in [0, 0.1) is 12.1 Å². The van der Waals surface area contributed by atoms with Crippen molar-refractivity contribution >= 4 is 199 Å². The zero-order valence-corrected chi connectivity index (χ0v) is 57.0. The summed E-state index contributed by atoms with van der Waals surface area (Å²) < 4.78 is 21.1. The molecule has 0 spiro atoms. The molecule has 0 saturated carbocycles. The molecule has 0 bridgehead atoms. The summed E-state index contributed by atoms with van der Waals surface area (Å²) in [5.41, 5.74) is 9.80. The van der Waals surface area contributed by atoms with Crippen LogP contribution in [0.15, 0.2) is 219 Å². The normalized spacial score (nSPS) is 11.7. The van der Waals surface area contributed by atoms with Gasteiger partial charge in [-0.25, -0.2) is 15.0 Å². The van der Waals surface area contributed by atoms with Crippen LogP contribution in [0.5, 0.6) is 23.3 Å². The summed E-state index contributed by atoms with van der Waals surface area (Å²) in [6.45, 7) is 0. The van der Waals surface area contributed by atoms with E-state index in [0.29, 0.717) is 17.5 Å². The Hall–Kier alpha value is -4.65. The van der Waals surface area contributed by atoms with Crippen LogP contribution >= 0.6 is 37.7 Å². The van der Waals surface area contributed by atoms with Gasteiger partial charge < -0.3 is 22.8 Å². The first-order valence-corrected chi connectivity index (χ1v) is 52.8. The first kappa shape index (κ1) is 57.8. The molecule has 0 unspecified atom stereocenters. The van der Waals surface area contributed by atoms with Crippen molar-refractivity contribution < 1.29 is 42.4 Å². The zero-order chi connectivity index (χ0) is 55.2. The first-order chi connectivity index (χ1) is 39.7. The molecule has 0 aliphatic heterocycles. The number of fused-ring (bicyclic) bond motifs is 18. The second kappa shape index (κ2) is 25.1. The average Bonchev–Trinajstić information content (AvgIpc) is 3.61. The van der Waals surface area contributed by atoms with Gasteiger partial charge in [0.2, 0.25) is 11.8 Å². The molecule has 0 radical (unpaired) electrons. The monoisotopic (exact) mass is 1560 g/mol. The molecule has 82 heavy (non-hydrogen) atoms. The molecule has 12 heterocycles. The molecule has 12 nitrogen and oxygen atoms in total. The third kappa shape index (κ3) is 11.4. The Morgan fingerprint density at radius 2 is 0.976 bits per heavy atom. The van der Waals surface area contributed by atoms with Crippen LogP contribution in [-0.4, -0.2) is 111 Å². The second-order valence-electron chi connectivity index (χ2n) is 18.1. The maximum absolute atomic E-state index is 6.35. The fourth-order valence-electron chi connectivity index (χ4n) is 10.6. The third-order valence-corrected chi connectivity index (χ3v) is 13.7. The van der Waals surface area contributed by atoms with Crippen molar-refractivity contribution in [3.8, 4) is 34.9 Å². The van der Waals surface area contributed by atoms with Gasteiger partial charge in [-0.3, -0.25) is 19.5 Å². The van der Waals surface area contributed by atoms with E-state index < -0.39 is 11.9 Å². The Morgan fingerprint density at radius 3 is 1.66 bits per heavy atom. The van der Waals surface area contributed by atoms with Gasteiger partial charge in [-0.1, -0.05) is 71.8 Å². The Bertz CT molecular complexity index is 4710. The number of hydrogen-bond acceptors (Lipinski definition) is 8. The Kier molecular flexibility index (Phi) is 17.7. The number of rotatable bonds is 6. The van der Waals surface area contributed by atoms with Crippen molar-refractivity contribution in [2.75, 3.05) is 0 Å². The van der Waals surface area contributed by atoms with E-state index in [1.807, 2.05) is 140 Å². The predicted molar refractivity (Wildman–Crippen MR) is 326 cm³/mol. The summed E-state index contributed by atoms with van der Waals surface area (Å²) >= 11 is -0.556. The van der Waals surface area contributed by atoms with E-state index in [2.05, 4.69) is 117 Å². The van der Waals surface area contributed by atoms with E-state index in [0.717, 1.165) is 110 Å². The molecule has 0 amide bonds. The molecular formula is C62H36Cl4K2N10O2Pt2. The summed E-state index contributed by atoms with van der Waals surface area (Å²) in [7, 11) is 20.0. The Labute approximate surface area is 546 Å². The molecular weight excluding hydrogens is 1530 g/mol. The van der Waals surface area contributed by atoms with Crippen molar-refractivity contribution in [1.82, 2.24) is 47.8 Å². The SMILES string of the molecule is [Cl][Pt]([Cl])([Cl])[Cl].[K][K].[Pt+2].[c-]1c(Oc2ccc3c4ccncc4n4cc[c-]c4c3n2)ccc2c3ccccc3n(-c3ccccn3)c12.c1ccc(-n2c3ccccc3c3ccc(Oc4ccc5c6ccncc6n6cccc6c5n4)cc32)nc1. The molecule has 12 aromatic heterocycles. The maximum Gasteiger partial charge on any atom is 2.00 e. The first-order valence-electron chi connectivity index (χ1n) is 25.5. The van der Waals surface area contributed by atoms with Crippen LogP contribution in [0.25, 0.3) is 110 Å². The van der Waals surface area contributed by atoms with Crippen molar-refractivity contribution in [2.45, 2.75) is 0 Å². The van der Waals surface area contributed by atoms with Crippen LogP contribution in [0.4, 0.5) is 0 Å². The van der Waals surface area contributed by atoms with Gasteiger partial charge in [0.25, 0.3) is 0 Å². The van der Waals surface area contributed by atoms with Crippen LogP contribution in [-0.2, 0) is 33.0 Å². The smallest absolute Gasteiger partial charge is 0.466 e. The summed E-state index contributed by atoms with van der Waals surface area (Å²) in [6.07, 6.45) is 15.0. The van der Waals surface area contributed by atoms with Gasteiger partial charge in [0.05, 0.1) is 45.5 Å². The maximum atomic E-state index is 6.35. The topological polar surface area (TPSA) is 114 Å². The largest absolute Gasteiger partial charge is 2.00 e. The number of para-hydroxylation sites is 2. The number of ether oxygens (including phenoxy) is 2. The summed E-state index contributed by atoms with van der Waals surface area (Å²) in [6, 6.07) is 63.5. The van der Waals surface area contributed by atoms with Crippen LogP contribution in [0.1, 0.15) is 0 Å². The van der Waals surface area contributed by atoms with Crippen molar-refractivity contribution in [2.24, 2.45) is 0 Å². The number of halogens is 4.